The lowest BCUT2D eigenvalue weighted by Gasteiger charge is -2.09. The first-order chi connectivity index (χ1) is 10.5. The highest BCUT2D eigenvalue weighted by molar-refractivity contribution is 5.57. The van der Waals surface area contributed by atoms with E-state index >= 15 is 0 Å². The van der Waals surface area contributed by atoms with Crippen molar-refractivity contribution in [1.82, 2.24) is 15.2 Å². The predicted molar refractivity (Wildman–Crippen MR) is 77.4 cm³/mol. The van der Waals surface area contributed by atoms with Crippen LogP contribution in [-0.2, 0) is 0 Å². The van der Waals surface area contributed by atoms with E-state index in [9.17, 15) is 13.2 Å². The number of rotatable bonds is 6. The summed E-state index contributed by atoms with van der Waals surface area (Å²) in [6.45, 7) is 4.84. The van der Waals surface area contributed by atoms with E-state index in [0.717, 1.165) is 18.6 Å². The van der Waals surface area contributed by atoms with E-state index in [1.807, 2.05) is 0 Å². The minimum atomic E-state index is -1.54. The maximum absolute atomic E-state index is 13.6. The van der Waals surface area contributed by atoms with E-state index in [1.54, 1.807) is 0 Å². The van der Waals surface area contributed by atoms with Crippen molar-refractivity contribution in [2.45, 2.75) is 20.3 Å². The van der Waals surface area contributed by atoms with Gasteiger partial charge in [-0.15, -0.1) is 5.10 Å². The van der Waals surface area contributed by atoms with Gasteiger partial charge in [0.05, 0.1) is 11.9 Å². The molecule has 1 heterocycles. The fourth-order valence-electron chi connectivity index (χ4n) is 1.67. The maximum atomic E-state index is 13.6. The van der Waals surface area contributed by atoms with Gasteiger partial charge in [0.2, 0.25) is 5.95 Å². The van der Waals surface area contributed by atoms with Gasteiger partial charge in [-0.3, -0.25) is 0 Å². The van der Waals surface area contributed by atoms with Crippen LogP contribution in [0.1, 0.15) is 20.3 Å². The van der Waals surface area contributed by atoms with Crippen LogP contribution in [0, 0.1) is 23.4 Å². The zero-order chi connectivity index (χ0) is 16.1. The summed E-state index contributed by atoms with van der Waals surface area (Å²) < 4.78 is 39.6. The molecule has 0 saturated heterocycles. The summed E-state index contributed by atoms with van der Waals surface area (Å²) in [7, 11) is 0. The lowest BCUT2D eigenvalue weighted by molar-refractivity contribution is 0.449. The first-order valence-electron chi connectivity index (χ1n) is 6.81. The molecule has 0 bridgehead atoms. The Kier molecular flexibility index (Phi) is 5.13. The molecule has 0 spiro atoms. The van der Waals surface area contributed by atoms with Crippen LogP contribution >= 0.6 is 0 Å². The summed E-state index contributed by atoms with van der Waals surface area (Å²) in [5.41, 5.74) is -0.229. The van der Waals surface area contributed by atoms with Crippen LogP contribution in [0.5, 0.6) is 0 Å². The summed E-state index contributed by atoms with van der Waals surface area (Å²) in [6, 6.07) is 1.92. The Morgan fingerprint density at radius 3 is 2.64 bits per heavy atom. The van der Waals surface area contributed by atoms with E-state index in [4.69, 9.17) is 0 Å². The van der Waals surface area contributed by atoms with Crippen molar-refractivity contribution in [1.29, 1.82) is 0 Å². The third-order valence-corrected chi connectivity index (χ3v) is 2.86. The molecule has 2 rings (SSSR count). The average Bonchev–Trinajstić information content (AvgIpc) is 2.48. The highest BCUT2D eigenvalue weighted by Gasteiger charge is 2.14. The van der Waals surface area contributed by atoms with E-state index in [-0.39, 0.29) is 17.5 Å². The van der Waals surface area contributed by atoms with Crippen molar-refractivity contribution in [2.75, 3.05) is 17.2 Å². The fraction of sp³-hybridized carbons (Fsp3) is 0.357. The molecule has 0 saturated carbocycles. The molecular formula is C14H16F3N5. The average molecular weight is 311 g/mol. The number of anilines is 3. The summed E-state index contributed by atoms with van der Waals surface area (Å²) in [6.07, 6.45) is 2.19. The Hall–Kier alpha value is -2.38. The molecule has 0 unspecified atom stereocenters. The zero-order valence-electron chi connectivity index (χ0n) is 12.2. The lowest BCUT2D eigenvalue weighted by atomic mass is 10.1. The highest BCUT2D eigenvalue weighted by Crippen LogP contribution is 2.22. The Bertz CT molecular complexity index is 648. The largest absolute Gasteiger partial charge is 0.353 e. The predicted octanol–water partition coefficient (Wildman–Crippen LogP) is 3.49. The molecule has 2 aromatic rings. The first-order valence-corrected chi connectivity index (χ1v) is 6.81. The summed E-state index contributed by atoms with van der Waals surface area (Å²) in [5.74, 6) is -3.13. The monoisotopic (exact) mass is 311 g/mol. The van der Waals surface area contributed by atoms with E-state index in [0.29, 0.717) is 12.5 Å². The van der Waals surface area contributed by atoms with Gasteiger partial charge in [0, 0.05) is 6.54 Å². The minimum Gasteiger partial charge on any atom is -0.353 e. The summed E-state index contributed by atoms with van der Waals surface area (Å²) in [4.78, 5) is 4.08. The molecule has 0 radical (unpaired) electrons. The molecule has 118 valence electrons. The molecule has 2 N–H and O–H groups in total. The van der Waals surface area contributed by atoms with Crippen LogP contribution in [0.2, 0.25) is 0 Å². The van der Waals surface area contributed by atoms with Gasteiger partial charge in [0.15, 0.2) is 23.3 Å². The smallest absolute Gasteiger partial charge is 0.244 e. The third kappa shape index (κ3) is 4.06. The Labute approximate surface area is 126 Å². The van der Waals surface area contributed by atoms with Crippen molar-refractivity contribution < 1.29 is 13.2 Å². The Morgan fingerprint density at radius 1 is 1.14 bits per heavy atom. The molecule has 1 aromatic heterocycles. The Balaban J connectivity index is 2.09. The number of nitrogens with one attached hydrogen (secondary N) is 2. The maximum Gasteiger partial charge on any atom is 0.244 e. The third-order valence-electron chi connectivity index (χ3n) is 2.86. The van der Waals surface area contributed by atoms with Crippen molar-refractivity contribution in [2.24, 2.45) is 5.92 Å². The molecular weight excluding hydrogens is 295 g/mol. The summed E-state index contributed by atoms with van der Waals surface area (Å²) in [5, 5.41) is 13.0. The molecule has 8 heteroatoms. The van der Waals surface area contributed by atoms with Crippen molar-refractivity contribution >= 4 is 17.5 Å². The molecule has 22 heavy (non-hydrogen) atoms. The normalized spacial score (nSPS) is 10.8. The molecule has 0 fully saturated rings. The highest BCUT2D eigenvalue weighted by atomic mass is 19.2. The minimum absolute atomic E-state index is 0.173. The van der Waals surface area contributed by atoms with Gasteiger partial charge in [-0.25, -0.2) is 13.2 Å². The second-order valence-electron chi connectivity index (χ2n) is 5.12. The number of halogens is 3. The summed E-state index contributed by atoms with van der Waals surface area (Å²) >= 11 is 0. The van der Waals surface area contributed by atoms with Crippen molar-refractivity contribution in [3.8, 4) is 0 Å². The van der Waals surface area contributed by atoms with Gasteiger partial charge in [-0.1, -0.05) is 13.8 Å². The van der Waals surface area contributed by atoms with Crippen LogP contribution in [0.15, 0.2) is 18.3 Å². The number of aromatic nitrogens is 3. The van der Waals surface area contributed by atoms with Gasteiger partial charge in [-0.05, 0) is 24.5 Å². The molecule has 0 aliphatic carbocycles. The number of nitrogens with zero attached hydrogens (tertiary/aromatic N) is 3. The SMILES string of the molecule is CC(C)CCNc1nncc(Nc2ccc(F)c(F)c2F)n1. The van der Waals surface area contributed by atoms with Crippen LogP contribution in [-0.4, -0.2) is 21.7 Å². The van der Waals surface area contributed by atoms with Crippen LogP contribution in [0.4, 0.5) is 30.6 Å². The molecule has 0 aliphatic rings. The van der Waals surface area contributed by atoms with Gasteiger partial charge < -0.3 is 10.6 Å². The second-order valence-corrected chi connectivity index (χ2v) is 5.12. The molecule has 0 amide bonds. The number of benzene rings is 1. The quantitative estimate of drug-likeness (QED) is 0.800. The van der Waals surface area contributed by atoms with Gasteiger partial charge in [0.1, 0.15) is 0 Å². The van der Waals surface area contributed by atoms with Gasteiger partial charge in [0.25, 0.3) is 0 Å². The van der Waals surface area contributed by atoms with Crippen molar-refractivity contribution in [3.63, 3.8) is 0 Å². The van der Waals surface area contributed by atoms with Gasteiger partial charge >= 0.3 is 0 Å². The van der Waals surface area contributed by atoms with Crippen LogP contribution in [0.3, 0.4) is 0 Å². The molecule has 1 aromatic carbocycles. The fourth-order valence-corrected chi connectivity index (χ4v) is 1.67. The van der Waals surface area contributed by atoms with Crippen LogP contribution < -0.4 is 10.6 Å². The zero-order valence-corrected chi connectivity index (χ0v) is 12.2. The van der Waals surface area contributed by atoms with E-state index in [2.05, 4.69) is 39.7 Å². The van der Waals surface area contributed by atoms with Crippen molar-refractivity contribution in [3.05, 3.63) is 35.8 Å². The lowest BCUT2D eigenvalue weighted by Crippen LogP contribution is -2.09. The standard InChI is InChI=1S/C14H16F3N5/c1-8(2)5-6-18-14-21-11(7-19-22-14)20-10-4-3-9(15)12(16)13(10)17/h3-4,7-8H,5-6H2,1-2H3,(H2,18,20,21,22). The first kappa shape index (κ1) is 16.0. The molecule has 0 atom stereocenters. The topological polar surface area (TPSA) is 62.7 Å². The molecule has 0 aliphatic heterocycles. The second kappa shape index (κ2) is 7.06. The Morgan fingerprint density at radius 2 is 1.91 bits per heavy atom. The number of hydrogen-bond donors (Lipinski definition) is 2. The number of hydrogen-bond acceptors (Lipinski definition) is 5. The van der Waals surface area contributed by atoms with Crippen LogP contribution in [0.25, 0.3) is 0 Å². The van der Waals surface area contributed by atoms with E-state index < -0.39 is 17.5 Å². The van der Waals surface area contributed by atoms with E-state index in [1.165, 1.54) is 6.20 Å². The molecule has 5 nitrogen and oxygen atoms in total. The van der Waals surface area contributed by atoms with Gasteiger partial charge in [-0.2, -0.15) is 10.1 Å².